The molecule has 0 amide bonds. The average Bonchev–Trinajstić information content (AvgIpc) is 2.88. The summed E-state index contributed by atoms with van der Waals surface area (Å²) in [5, 5.41) is 4.02. The summed E-state index contributed by atoms with van der Waals surface area (Å²) >= 11 is 4.69. The summed E-state index contributed by atoms with van der Waals surface area (Å²) in [6.45, 7) is 0. The van der Waals surface area contributed by atoms with E-state index < -0.39 is 11.6 Å². The summed E-state index contributed by atoms with van der Waals surface area (Å²) in [6.07, 6.45) is 3.13. The van der Waals surface area contributed by atoms with Crippen LogP contribution in [0.1, 0.15) is 29.5 Å². The lowest BCUT2D eigenvalue weighted by Gasteiger charge is -2.19. The molecule has 1 aliphatic rings. The quantitative estimate of drug-likeness (QED) is 0.802. The number of nitrogens with one attached hydrogen (secondary N) is 1. The number of halogens is 3. The van der Waals surface area contributed by atoms with Gasteiger partial charge in [-0.15, -0.1) is 11.3 Å². The summed E-state index contributed by atoms with van der Waals surface area (Å²) in [7, 11) is 1.94. The van der Waals surface area contributed by atoms with E-state index in [9.17, 15) is 8.78 Å². The van der Waals surface area contributed by atoms with Crippen molar-refractivity contribution in [2.24, 2.45) is 0 Å². The van der Waals surface area contributed by atoms with Crippen molar-refractivity contribution in [3.8, 4) is 10.6 Å². The highest BCUT2D eigenvalue weighted by Crippen LogP contribution is 2.40. The van der Waals surface area contributed by atoms with Crippen LogP contribution >= 0.6 is 27.3 Å². The Morgan fingerprint density at radius 1 is 1.40 bits per heavy atom. The second-order valence-corrected chi connectivity index (χ2v) is 6.61. The Hall–Kier alpha value is -0.850. The van der Waals surface area contributed by atoms with Crippen LogP contribution < -0.4 is 5.32 Å². The molecule has 0 saturated heterocycles. The molecule has 1 heterocycles. The van der Waals surface area contributed by atoms with Crippen molar-refractivity contribution >= 4 is 27.3 Å². The van der Waals surface area contributed by atoms with Crippen molar-refractivity contribution in [1.82, 2.24) is 10.3 Å². The molecule has 1 N–H and O–H groups in total. The van der Waals surface area contributed by atoms with Crippen LogP contribution in [0.5, 0.6) is 0 Å². The Balaban J connectivity index is 2.08. The largest absolute Gasteiger partial charge is 0.312 e. The van der Waals surface area contributed by atoms with E-state index >= 15 is 0 Å². The van der Waals surface area contributed by atoms with E-state index in [1.54, 1.807) is 17.4 Å². The number of fused-ring (bicyclic) bond motifs is 1. The zero-order valence-electron chi connectivity index (χ0n) is 10.8. The molecule has 106 valence electrons. The highest BCUT2D eigenvalue weighted by Gasteiger charge is 2.25. The van der Waals surface area contributed by atoms with Crippen LogP contribution in [0.2, 0.25) is 0 Å². The fourth-order valence-electron chi connectivity index (χ4n) is 2.50. The van der Waals surface area contributed by atoms with Gasteiger partial charge in [0.1, 0.15) is 5.01 Å². The van der Waals surface area contributed by atoms with Gasteiger partial charge in [0.2, 0.25) is 0 Å². The Kier molecular flexibility index (Phi) is 3.88. The molecule has 1 unspecified atom stereocenters. The van der Waals surface area contributed by atoms with Gasteiger partial charge in [0, 0.05) is 16.5 Å². The van der Waals surface area contributed by atoms with Gasteiger partial charge in [-0.1, -0.05) is 0 Å². The van der Waals surface area contributed by atoms with Gasteiger partial charge in [-0.05, 0) is 54.4 Å². The zero-order valence-corrected chi connectivity index (χ0v) is 13.2. The maximum absolute atomic E-state index is 13.6. The molecular formula is C14H13BrF2N2S. The van der Waals surface area contributed by atoms with E-state index in [1.165, 1.54) is 4.88 Å². The van der Waals surface area contributed by atoms with E-state index in [0.29, 0.717) is 11.6 Å². The van der Waals surface area contributed by atoms with E-state index in [0.717, 1.165) is 36.0 Å². The SMILES string of the molecule is CNC1CCCc2nc(-c3ccc(F)c(F)c3Br)sc21. The van der Waals surface area contributed by atoms with Gasteiger partial charge in [-0.3, -0.25) is 0 Å². The normalized spacial score (nSPS) is 18.1. The highest BCUT2D eigenvalue weighted by molar-refractivity contribution is 9.10. The first kappa shape index (κ1) is 14.1. The van der Waals surface area contributed by atoms with E-state index in [1.807, 2.05) is 7.05 Å². The van der Waals surface area contributed by atoms with Crippen molar-refractivity contribution in [1.29, 1.82) is 0 Å². The molecule has 1 aromatic carbocycles. The predicted octanol–water partition coefficient (Wildman–Crippen LogP) is 4.45. The van der Waals surface area contributed by atoms with Crippen LogP contribution in [-0.2, 0) is 6.42 Å². The first-order valence-electron chi connectivity index (χ1n) is 6.42. The predicted molar refractivity (Wildman–Crippen MR) is 79.9 cm³/mol. The molecule has 0 fully saturated rings. The Labute approximate surface area is 128 Å². The number of rotatable bonds is 2. The van der Waals surface area contributed by atoms with Crippen molar-refractivity contribution in [2.75, 3.05) is 7.05 Å². The number of hydrogen-bond donors (Lipinski definition) is 1. The second kappa shape index (κ2) is 5.50. The molecule has 6 heteroatoms. The number of aryl methyl sites for hydroxylation is 1. The molecule has 1 aliphatic carbocycles. The van der Waals surface area contributed by atoms with Crippen molar-refractivity contribution in [3.05, 3.63) is 38.8 Å². The topological polar surface area (TPSA) is 24.9 Å². The molecule has 0 saturated carbocycles. The monoisotopic (exact) mass is 358 g/mol. The lowest BCUT2D eigenvalue weighted by Crippen LogP contribution is -2.19. The summed E-state index contributed by atoms with van der Waals surface area (Å²) in [6, 6.07) is 3.03. The maximum Gasteiger partial charge on any atom is 0.173 e. The van der Waals surface area contributed by atoms with Crippen LogP contribution in [0.4, 0.5) is 8.78 Å². The third-order valence-electron chi connectivity index (χ3n) is 3.56. The fraction of sp³-hybridized carbons (Fsp3) is 0.357. The number of hydrogen-bond acceptors (Lipinski definition) is 3. The van der Waals surface area contributed by atoms with Crippen LogP contribution in [0.15, 0.2) is 16.6 Å². The summed E-state index contributed by atoms with van der Waals surface area (Å²) in [5.41, 5.74) is 1.69. The van der Waals surface area contributed by atoms with Crippen LogP contribution in [0, 0.1) is 11.6 Å². The molecule has 20 heavy (non-hydrogen) atoms. The molecule has 2 nitrogen and oxygen atoms in total. The minimum Gasteiger partial charge on any atom is -0.312 e. The lowest BCUT2D eigenvalue weighted by molar-refractivity contribution is 0.501. The molecule has 0 radical (unpaired) electrons. The number of aromatic nitrogens is 1. The van der Waals surface area contributed by atoms with Crippen LogP contribution in [0.25, 0.3) is 10.6 Å². The summed E-state index contributed by atoms with van der Waals surface area (Å²) < 4.78 is 27.0. The number of thiazole rings is 1. The molecule has 3 rings (SSSR count). The van der Waals surface area contributed by atoms with Gasteiger partial charge in [0.05, 0.1) is 10.2 Å². The van der Waals surface area contributed by atoms with Crippen molar-refractivity contribution < 1.29 is 8.78 Å². The van der Waals surface area contributed by atoms with E-state index in [2.05, 4.69) is 26.2 Å². The second-order valence-electron chi connectivity index (χ2n) is 4.79. The van der Waals surface area contributed by atoms with Gasteiger partial charge < -0.3 is 5.32 Å². The minimum atomic E-state index is -0.860. The number of nitrogens with zero attached hydrogens (tertiary/aromatic N) is 1. The Morgan fingerprint density at radius 3 is 2.95 bits per heavy atom. The van der Waals surface area contributed by atoms with Crippen LogP contribution in [0.3, 0.4) is 0 Å². The van der Waals surface area contributed by atoms with Gasteiger partial charge in [-0.2, -0.15) is 0 Å². The van der Waals surface area contributed by atoms with Gasteiger partial charge >= 0.3 is 0 Å². The first-order valence-corrected chi connectivity index (χ1v) is 8.03. The molecular weight excluding hydrogens is 346 g/mol. The third kappa shape index (κ3) is 2.29. The van der Waals surface area contributed by atoms with Gasteiger partial charge in [0.15, 0.2) is 11.6 Å². The fourth-order valence-corrected chi connectivity index (χ4v) is 4.43. The van der Waals surface area contributed by atoms with Crippen LogP contribution in [-0.4, -0.2) is 12.0 Å². The van der Waals surface area contributed by atoms with Crippen molar-refractivity contribution in [2.45, 2.75) is 25.3 Å². The lowest BCUT2D eigenvalue weighted by atomic mass is 9.98. The highest BCUT2D eigenvalue weighted by atomic mass is 79.9. The summed E-state index contributed by atoms with van der Waals surface area (Å²) in [4.78, 5) is 5.82. The molecule has 0 spiro atoms. The van der Waals surface area contributed by atoms with Crippen molar-refractivity contribution in [3.63, 3.8) is 0 Å². The summed E-state index contributed by atoms with van der Waals surface area (Å²) in [5.74, 6) is -1.71. The van der Waals surface area contributed by atoms with Gasteiger partial charge in [-0.25, -0.2) is 13.8 Å². The molecule has 2 aromatic rings. The average molecular weight is 359 g/mol. The minimum absolute atomic E-state index is 0.143. The van der Waals surface area contributed by atoms with E-state index in [4.69, 9.17) is 0 Å². The third-order valence-corrected chi connectivity index (χ3v) is 5.58. The number of benzene rings is 1. The maximum atomic E-state index is 13.6. The molecule has 1 atom stereocenters. The van der Waals surface area contributed by atoms with Gasteiger partial charge in [0.25, 0.3) is 0 Å². The first-order chi connectivity index (χ1) is 9.61. The van der Waals surface area contributed by atoms with E-state index in [-0.39, 0.29) is 4.47 Å². The molecule has 0 aliphatic heterocycles. The Morgan fingerprint density at radius 2 is 2.20 bits per heavy atom. The molecule has 0 bridgehead atoms. The standard InChI is InChI=1S/C14H13BrF2N2S/c1-18-9-3-2-4-10-13(9)20-14(19-10)7-5-6-8(16)12(17)11(7)15/h5-6,9,18H,2-4H2,1H3. The smallest absolute Gasteiger partial charge is 0.173 e. The molecule has 1 aromatic heterocycles. The Bertz CT molecular complexity index is 657. The zero-order chi connectivity index (χ0) is 14.3.